The molecule has 1 N–H and O–H groups in total. The van der Waals surface area contributed by atoms with Gasteiger partial charge in [-0.25, -0.2) is 9.97 Å². The predicted molar refractivity (Wildman–Crippen MR) is 90.4 cm³/mol. The second kappa shape index (κ2) is 6.34. The molecule has 7 heteroatoms. The second-order valence-corrected chi connectivity index (χ2v) is 5.44. The van der Waals surface area contributed by atoms with Gasteiger partial charge in [-0.05, 0) is 12.1 Å². The number of anilines is 1. The van der Waals surface area contributed by atoms with Crippen LogP contribution in [0.25, 0.3) is 11.0 Å². The molecule has 120 valence electrons. The minimum absolute atomic E-state index is 0.422. The molecule has 0 atom stereocenters. The number of nitrogens with one attached hydrogen (secondary N) is 1. The van der Waals surface area contributed by atoms with E-state index in [-0.39, 0.29) is 0 Å². The number of halogens is 1. The number of aromatic nitrogens is 3. The van der Waals surface area contributed by atoms with Gasteiger partial charge in [0.15, 0.2) is 5.82 Å². The van der Waals surface area contributed by atoms with Crippen molar-refractivity contribution in [1.29, 1.82) is 0 Å². The second-order valence-electron chi connectivity index (χ2n) is 5.05. The Morgan fingerprint density at radius 3 is 2.78 bits per heavy atom. The smallest absolute Gasteiger partial charge is 0.156 e. The highest BCUT2D eigenvalue weighted by Gasteiger charge is 2.11. The first-order chi connectivity index (χ1) is 11.1. The Morgan fingerprint density at radius 1 is 1.22 bits per heavy atom. The van der Waals surface area contributed by atoms with Gasteiger partial charge >= 0.3 is 0 Å². The van der Waals surface area contributed by atoms with Crippen molar-refractivity contribution in [3.63, 3.8) is 0 Å². The van der Waals surface area contributed by atoms with Crippen LogP contribution >= 0.6 is 11.6 Å². The van der Waals surface area contributed by atoms with E-state index in [9.17, 15) is 0 Å². The van der Waals surface area contributed by atoms with E-state index in [4.69, 9.17) is 21.1 Å². The molecular formula is C16H17ClN4O2. The van der Waals surface area contributed by atoms with Crippen LogP contribution < -0.4 is 14.8 Å². The monoisotopic (exact) mass is 332 g/mol. The SMILES string of the molecule is COc1ccc(CNc2nc(Cl)cc3c2ncn3C)c(OC)c1. The zero-order chi connectivity index (χ0) is 16.4. The maximum atomic E-state index is 6.10. The van der Waals surface area contributed by atoms with Gasteiger partial charge in [0, 0.05) is 31.3 Å². The Hall–Kier alpha value is -2.47. The van der Waals surface area contributed by atoms with Crippen molar-refractivity contribution in [2.45, 2.75) is 6.54 Å². The molecule has 1 aromatic carbocycles. The molecule has 0 amide bonds. The highest BCUT2D eigenvalue weighted by Crippen LogP contribution is 2.27. The summed E-state index contributed by atoms with van der Waals surface area (Å²) in [6.45, 7) is 0.534. The van der Waals surface area contributed by atoms with Crippen LogP contribution in [-0.4, -0.2) is 28.8 Å². The fourth-order valence-electron chi connectivity index (χ4n) is 2.40. The van der Waals surface area contributed by atoms with Gasteiger partial charge in [-0.2, -0.15) is 0 Å². The van der Waals surface area contributed by atoms with Crippen molar-refractivity contribution in [3.8, 4) is 11.5 Å². The molecular weight excluding hydrogens is 316 g/mol. The molecule has 0 radical (unpaired) electrons. The number of hydrogen-bond donors (Lipinski definition) is 1. The number of fused-ring (bicyclic) bond motifs is 1. The molecule has 6 nitrogen and oxygen atoms in total. The molecule has 2 heterocycles. The fourth-order valence-corrected chi connectivity index (χ4v) is 2.59. The van der Waals surface area contributed by atoms with Gasteiger partial charge in [0.05, 0.1) is 26.1 Å². The first-order valence-electron chi connectivity index (χ1n) is 7.04. The van der Waals surface area contributed by atoms with E-state index < -0.39 is 0 Å². The summed E-state index contributed by atoms with van der Waals surface area (Å²) in [5, 5.41) is 3.70. The lowest BCUT2D eigenvalue weighted by atomic mass is 10.2. The normalized spacial score (nSPS) is 10.8. The van der Waals surface area contributed by atoms with Crippen molar-refractivity contribution in [2.24, 2.45) is 7.05 Å². The first kappa shape index (κ1) is 15.4. The summed E-state index contributed by atoms with van der Waals surface area (Å²) >= 11 is 6.10. The van der Waals surface area contributed by atoms with Gasteiger partial charge in [0.2, 0.25) is 0 Å². The Labute approximate surface area is 139 Å². The average molecular weight is 333 g/mol. The number of nitrogens with zero attached hydrogens (tertiary/aromatic N) is 3. The number of methoxy groups -OCH3 is 2. The van der Waals surface area contributed by atoms with Gasteiger partial charge in [-0.3, -0.25) is 0 Å². The molecule has 3 rings (SSSR count). The van der Waals surface area contributed by atoms with E-state index in [0.29, 0.717) is 17.5 Å². The summed E-state index contributed by atoms with van der Waals surface area (Å²) in [6.07, 6.45) is 1.74. The third-order valence-corrected chi connectivity index (χ3v) is 3.82. The molecule has 0 fully saturated rings. The summed E-state index contributed by atoms with van der Waals surface area (Å²) in [4.78, 5) is 8.70. The topological polar surface area (TPSA) is 61.2 Å². The number of aryl methyl sites for hydroxylation is 1. The van der Waals surface area contributed by atoms with Crippen LogP contribution in [0.1, 0.15) is 5.56 Å². The largest absolute Gasteiger partial charge is 0.497 e. The third-order valence-electron chi connectivity index (χ3n) is 3.62. The number of rotatable bonds is 5. The highest BCUT2D eigenvalue weighted by atomic mass is 35.5. The summed E-state index contributed by atoms with van der Waals surface area (Å²) in [6, 6.07) is 7.48. The van der Waals surface area contributed by atoms with Gasteiger partial charge < -0.3 is 19.4 Å². The molecule has 0 bridgehead atoms. The zero-order valence-electron chi connectivity index (χ0n) is 13.1. The number of imidazole rings is 1. The highest BCUT2D eigenvalue weighted by molar-refractivity contribution is 6.30. The van der Waals surface area contributed by atoms with E-state index in [1.807, 2.05) is 29.8 Å². The molecule has 0 aliphatic carbocycles. The molecule has 0 aliphatic rings. The summed E-state index contributed by atoms with van der Waals surface area (Å²) < 4.78 is 12.5. The molecule has 23 heavy (non-hydrogen) atoms. The molecule has 0 saturated carbocycles. The average Bonchev–Trinajstić information content (AvgIpc) is 2.93. The number of hydrogen-bond acceptors (Lipinski definition) is 5. The van der Waals surface area contributed by atoms with E-state index in [2.05, 4.69) is 15.3 Å². The standard InChI is InChI=1S/C16H17ClN4O2/c1-21-9-19-15-12(21)7-14(17)20-16(15)18-8-10-4-5-11(22-2)6-13(10)23-3/h4-7,9H,8H2,1-3H3,(H,18,20). The fraction of sp³-hybridized carbons (Fsp3) is 0.250. The predicted octanol–water partition coefficient (Wildman–Crippen LogP) is 3.25. The van der Waals surface area contributed by atoms with Gasteiger partial charge in [-0.1, -0.05) is 11.6 Å². The van der Waals surface area contributed by atoms with Crippen LogP contribution in [0.3, 0.4) is 0 Å². The van der Waals surface area contributed by atoms with E-state index in [0.717, 1.165) is 28.1 Å². The summed E-state index contributed by atoms with van der Waals surface area (Å²) in [7, 11) is 5.18. The molecule has 3 aromatic rings. The van der Waals surface area contributed by atoms with E-state index >= 15 is 0 Å². The van der Waals surface area contributed by atoms with Crippen LogP contribution in [0.5, 0.6) is 11.5 Å². The van der Waals surface area contributed by atoms with Crippen LogP contribution in [0.15, 0.2) is 30.6 Å². The number of pyridine rings is 1. The molecule has 2 aromatic heterocycles. The number of ether oxygens (including phenoxy) is 2. The lowest BCUT2D eigenvalue weighted by Gasteiger charge is -2.12. The minimum Gasteiger partial charge on any atom is -0.497 e. The van der Waals surface area contributed by atoms with Gasteiger partial charge in [-0.15, -0.1) is 0 Å². The molecule has 0 spiro atoms. The van der Waals surface area contributed by atoms with Crippen LogP contribution in [0.4, 0.5) is 5.82 Å². The van der Waals surface area contributed by atoms with E-state index in [1.165, 1.54) is 0 Å². The third kappa shape index (κ3) is 3.03. The Kier molecular flexibility index (Phi) is 4.25. The Balaban J connectivity index is 1.89. The van der Waals surface area contributed by atoms with Crippen LogP contribution in [0, 0.1) is 0 Å². The van der Waals surface area contributed by atoms with Gasteiger partial charge in [0.1, 0.15) is 22.2 Å². The van der Waals surface area contributed by atoms with E-state index in [1.54, 1.807) is 26.6 Å². The molecule has 0 unspecified atom stereocenters. The maximum Gasteiger partial charge on any atom is 0.156 e. The zero-order valence-corrected chi connectivity index (χ0v) is 13.9. The minimum atomic E-state index is 0.422. The molecule has 0 saturated heterocycles. The van der Waals surface area contributed by atoms with Crippen LogP contribution in [-0.2, 0) is 13.6 Å². The molecule has 0 aliphatic heterocycles. The summed E-state index contributed by atoms with van der Waals surface area (Å²) in [5.74, 6) is 2.14. The van der Waals surface area contributed by atoms with Crippen LogP contribution in [0.2, 0.25) is 5.15 Å². The quantitative estimate of drug-likeness (QED) is 0.727. The lowest BCUT2D eigenvalue weighted by Crippen LogP contribution is -2.04. The lowest BCUT2D eigenvalue weighted by molar-refractivity contribution is 0.391. The number of benzene rings is 1. The van der Waals surface area contributed by atoms with Crippen molar-refractivity contribution in [3.05, 3.63) is 41.3 Å². The van der Waals surface area contributed by atoms with Crippen molar-refractivity contribution < 1.29 is 9.47 Å². The Morgan fingerprint density at radius 2 is 2.04 bits per heavy atom. The summed E-state index contributed by atoms with van der Waals surface area (Å²) in [5.41, 5.74) is 2.69. The van der Waals surface area contributed by atoms with Crippen molar-refractivity contribution >= 4 is 28.5 Å². The van der Waals surface area contributed by atoms with Crippen molar-refractivity contribution in [2.75, 3.05) is 19.5 Å². The van der Waals surface area contributed by atoms with Gasteiger partial charge in [0.25, 0.3) is 0 Å². The Bertz CT molecular complexity index is 847. The maximum absolute atomic E-state index is 6.10. The first-order valence-corrected chi connectivity index (χ1v) is 7.42. The van der Waals surface area contributed by atoms with Crippen molar-refractivity contribution in [1.82, 2.24) is 14.5 Å².